The quantitative estimate of drug-likeness (QED) is 0.577. The minimum absolute atomic E-state index is 0.0404. The number of amides is 1. The molecular formula is C24H26N2O4. The number of nitrogens with zero attached hydrogens (tertiary/aromatic N) is 2. The van der Waals surface area contributed by atoms with Gasteiger partial charge in [0.25, 0.3) is 5.91 Å². The third-order valence-corrected chi connectivity index (χ3v) is 5.86. The summed E-state index contributed by atoms with van der Waals surface area (Å²) in [4.78, 5) is 19.8. The van der Waals surface area contributed by atoms with Crippen molar-refractivity contribution >= 4 is 17.0 Å². The van der Waals surface area contributed by atoms with Crippen LogP contribution in [0.4, 0.5) is 0 Å². The van der Waals surface area contributed by atoms with Gasteiger partial charge in [0, 0.05) is 30.8 Å². The Kier molecular flexibility index (Phi) is 5.17. The van der Waals surface area contributed by atoms with E-state index in [-0.39, 0.29) is 12.0 Å². The van der Waals surface area contributed by atoms with Gasteiger partial charge in [-0.3, -0.25) is 4.79 Å². The fourth-order valence-corrected chi connectivity index (χ4v) is 4.01. The van der Waals surface area contributed by atoms with Gasteiger partial charge >= 0.3 is 0 Å². The molecule has 6 nitrogen and oxygen atoms in total. The lowest BCUT2D eigenvalue weighted by Crippen LogP contribution is -2.38. The fourth-order valence-electron chi connectivity index (χ4n) is 4.01. The summed E-state index contributed by atoms with van der Waals surface area (Å²) in [7, 11) is 1.63. The third kappa shape index (κ3) is 4.05. The number of aromatic nitrogens is 1. The summed E-state index contributed by atoms with van der Waals surface area (Å²) in [6.07, 6.45) is 4.68. The van der Waals surface area contributed by atoms with Crippen LogP contribution in [0.15, 0.2) is 46.9 Å². The lowest BCUT2D eigenvalue weighted by atomic mass is 10.1. The Hall–Kier alpha value is -2.86. The Morgan fingerprint density at radius 1 is 1.17 bits per heavy atom. The summed E-state index contributed by atoms with van der Waals surface area (Å²) >= 11 is 0. The van der Waals surface area contributed by atoms with Gasteiger partial charge in [-0.1, -0.05) is 6.07 Å². The topological polar surface area (TPSA) is 64.8 Å². The highest BCUT2D eigenvalue weighted by Crippen LogP contribution is 2.31. The van der Waals surface area contributed by atoms with Crippen LogP contribution < -0.4 is 4.74 Å². The number of carbonyl (C=O) groups is 1. The number of rotatable bonds is 7. The van der Waals surface area contributed by atoms with Crippen molar-refractivity contribution in [3.05, 3.63) is 48.0 Å². The van der Waals surface area contributed by atoms with Crippen LogP contribution >= 0.6 is 0 Å². The molecule has 6 heteroatoms. The molecule has 2 aliphatic rings. The van der Waals surface area contributed by atoms with E-state index in [1.54, 1.807) is 7.11 Å². The molecule has 0 spiro atoms. The molecule has 5 rings (SSSR count). The summed E-state index contributed by atoms with van der Waals surface area (Å²) in [5.74, 6) is 1.93. The molecule has 0 unspecified atom stereocenters. The molecule has 2 aromatic carbocycles. The minimum atomic E-state index is 0.0404. The van der Waals surface area contributed by atoms with Crippen LogP contribution in [-0.4, -0.2) is 48.7 Å². The van der Waals surface area contributed by atoms with Crippen molar-refractivity contribution in [1.82, 2.24) is 9.88 Å². The maximum atomic E-state index is 13.3. The highest BCUT2D eigenvalue weighted by atomic mass is 16.5. The Morgan fingerprint density at radius 2 is 2.07 bits per heavy atom. The second-order valence-electron chi connectivity index (χ2n) is 8.22. The van der Waals surface area contributed by atoms with Gasteiger partial charge in [-0.15, -0.1) is 0 Å². The summed E-state index contributed by atoms with van der Waals surface area (Å²) in [6.45, 7) is 2.27. The van der Waals surface area contributed by atoms with E-state index in [1.165, 1.54) is 12.8 Å². The SMILES string of the molecule is COc1cccc(-c2nc3ccc(C(=O)N(CC4CC4)C[C@@H]4CCCO4)cc3o2)c1. The van der Waals surface area contributed by atoms with Crippen molar-refractivity contribution in [3.63, 3.8) is 0 Å². The molecule has 156 valence electrons. The molecule has 0 N–H and O–H groups in total. The first-order chi connectivity index (χ1) is 14.7. The summed E-state index contributed by atoms with van der Waals surface area (Å²) in [5, 5.41) is 0. The van der Waals surface area contributed by atoms with E-state index >= 15 is 0 Å². The molecule has 2 heterocycles. The number of hydrogen-bond acceptors (Lipinski definition) is 5. The van der Waals surface area contributed by atoms with E-state index in [0.29, 0.717) is 29.5 Å². The van der Waals surface area contributed by atoms with Crippen molar-refractivity contribution in [3.8, 4) is 17.2 Å². The van der Waals surface area contributed by atoms with Crippen molar-refractivity contribution in [2.45, 2.75) is 31.8 Å². The van der Waals surface area contributed by atoms with Gasteiger partial charge in [0.15, 0.2) is 5.58 Å². The Morgan fingerprint density at radius 3 is 2.83 bits per heavy atom. The monoisotopic (exact) mass is 406 g/mol. The van der Waals surface area contributed by atoms with Crippen molar-refractivity contribution in [2.24, 2.45) is 5.92 Å². The van der Waals surface area contributed by atoms with E-state index in [0.717, 1.165) is 42.8 Å². The maximum Gasteiger partial charge on any atom is 0.254 e. The van der Waals surface area contributed by atoms with Crippen LogP contribution in [0, 0.1) is 5.92 Å². The second kappa shape index (κ2) is 8.11. The van der Waals surface area contributed by atoms with E-state index in [4.69, 9.17) is 13.9 Å². The van der Waals surface area contributed by atoms with Gasteiger partial charge in [0.05, 0.1) is 13.2 Å². The molecule has 1 saturated carbocycles. The molecule has 1 aliphatic carbocycles. The maximum absolute atomic E-state index is 13.3. The lowest BCUT2D eigenvalue weighted by Gasteiger charge is -2.25. The summed E-state index contributed by atoms with van der Waals surface area (Å²) in [5.41, 5.74) is 2.82. The Bertz CT molecular complexity index is 1050. The van der Waals surface area contributed by atoms with Gasteiger partial charge in [0.2, 0.25) is 5.89 Å². The average Bonchev–Trinajstić information content (AvgIpc) is 3.26. The molecule has 30 heavy (non-hydrogen) atoms. The largest absolute Gasteiger partial charge is 0.497 e. The molecule has 2 fully saturated rings. The fraction of sp³-hybridized carbons (Fsp3) is 0.417. The molecule has 1 amide bonds. The molecule has 1 aliphatic heterocycles. The zero-order valence-corrected chi connectivity index (χ0v) is 17.2. The lowest BCUT2D eigenvalue weighted by molar-refractivity contribution is 0.0515. The van der Waals surface area contributed by atoms with Crippen LogP contribution in [0.5, 0.6) is 5.75 Å². The number of benzene rings is 2. The van der Waals surface area contributed by atoms with Gasteiger partial charge in [0.1, 0.15) is 11.3 Å². The average molecular weight is 406 g/mol. The Labute approximate surface area is 175 Å². The van der Waals surface area contributed by atoms with E-state index in [9.17, 15) is 4.79 Å². The number of ether oxygens (including phenoxy) is 2. The molecule has 3 aromatic rings. The first-order valence-corrected chi connectivity index (χ1v) is 10.7. The first kappa shape index (κ1) is 19.1. The highest BCUT2D eigenvalue weighted by molar-refractivity contribution is 5.97. The predicted molar refractivity (Wildman–Crippen MR) is 114 cm³/mol. The number of methoxy groups -OCH3 is 1. The van der Waals surface area contributed by atoms with Gasteiger partial charge < -0.3 is 18.8 Å². The third-order valence-electron chi connectivity index (χ3n) is 5.86. The van der Waals surface area contributed by atoms with Crippen LogP contribution in [-0.2, 0) is 4.74 Å². The van der Waals surface area contributed by atoms with Crippen molar-refractivity contribution in [2.75, 3.05) is 26.8 Å². The highest BCUT2D eigenvalue weighted by Gasteiger charge is 2.30. The first-order valence-electron chi connectivity index (χ1n) is 10.7. The van der Waals surface area contributed by atoms with Crippen LogP contribution in [0.2, 0.25) is 0 Å². The molecule has 1 saturated heterocycles. The zero-order chi connectivity index (χ0) is 20.5. The van der Waals surface area contributed by atoms with E-state index < -0.39 is 0 Å². The Balaban J connectivity index is 1.40. The normalized spacial score (nSPS) is 18.6. The van der Waals surface area contributed by atoms with Crippen LogP contribution in [0.3, 0.4) is 0 Å². The summed E-state index contributed by atoms with van der Waals surface area (Å²) in [6, 6.07) is 13.1. The van der Waals surface area contributed by atoms with Crippen molar-refractivity contribution in [1.29, 1.82) is 0 Å². The number of oxazole rings is 1. The van der Waals surface area contributed by atoms with Crippen LogP contribution in [0.25, 0.3) is 22.6 Å². The van der Waals surface area contributed by atoms with E-state index in [1.807, 2.05) is 47.4 Å². The van der Waals surface area contributed by atoms with Crippen molar-refractivity contribution < 1.29 is 18.7 Å². The molecule has 1 atom stereocenters. The molecule has 0 radical (unpaired) electrons. The second-order valence-corrected chi connectivity index (χ2v) is 8.22. The molecule has 0 bridgehead atoms. The number of fused-ring (bicyclic) bond motifs is 1. The molecular weight excluding hydrogens is 380 g/mol. The number of carbonyl (C=O) groups excluding carboxylic acids is 1. The zero-order valence-electron chi connectivity index (χ0n) is 17.2. The standard InChI is InChI=1S/C24H26N2O4/c1-28-19-5-2-4-17(12-19)23-25-21-10-9-18(13-22(21)30-23)24(27)26(14-16-7-8-16)15-20-6-3-11-29-20/h2,4-5,9-10,12-13,16,20H,3,6-8,11,14-15H2,1H3/t20-/m0/s1. The smallest absolute Gasteiger partial charge is 0.254 e. The molecule has 1 aromatic heterocycles. The predicted octanol–water partition coefficient (Wildman–Crippen LogP) is 4.53. The number of hydrogen-bond donors (Lipinski definition) is 0. The van der Waals surface area contributed by atoms with E-state index in [2.05, 4.69) is 4.98 Å². The van der Waals surface area contributed by atoms with Gasteiger partial charge in [-0.2, -0.15) is 0 Å². The summed E-state index contributed by atoms with van der Waals surface area (Å²) < 4.78 is 17.1. The van der Waals surface area contributed by atoms with Gasteiger partial charge in [-0.05, 0) is 68.0 Å². The van der Waals surface area contributed by atoms with Gasteiger partial charge in [-0.25, -0.2) is 4.98 Å². The minimum Gasteiger partial charge on any atom is -0.497 e. The van der Waals surface area contributed by atoms with Crippen LogP contribution in [0.1, 0.15) is 36.0 Å².